The Morgan fingerprint density at radius 3 is 2.26 bits per heavy atom. The van der Waals surface area contributed by atoms with Crippen LogP contribution in [0.2, 0.25) is 0 Å². The number of para-hydroxylation sites is 1. The molecule has 0 aliphatic heterocycles. The first-order chi connectivity index (χ1) is 14.8. The maximum Gasteiger partial charge on any atom is 0.338 e. The van der Waals surface area contributed by atoms with Crippen molar-refractivity contribution < 1.29 is 14.3 Å². The van der Waals surface area contributed by atoms with E-state index in [1.165, 1.54) is 0 Å². The summed E-state index contributed by atoms with van der Waals surface area (Å²) in [6, 6.07) is 16.7. The van der Waals surface area contributed by atoms with E-state index in [0.717, 1.165) is 28.5 Å². The lowest BCUT2D eigenvalue weighted by atomic mass is 10.1. The highest BCUT2D eigenvalue weighted by molar-refractivity contribution is 6.01. The van der Waals surface area contributed by atoms with Gasteiger partial charge >= 0.3 is 5.97 Å². The summed E-state index contributed by atoms with van der Waals surface area (Å²) in [4.78, 5) is 34.2. The normalized spacial score (nSPS) is 11.0. The number of ether oxygens (including phenoxy) is 1. The number of rotatable bonds is 5. The summed E-state index contributed by atoms with van der Waals surface area (Å²) in [5.41, 5.74) is 6.62. The molecule has 0 amide bonds. The Morgan fingerprint density at radius 2 is 1.55 bits per heavy atom. The number of benzene rings is 2. The van der Waals surface area contributed by atoms with E-state index in [4.69, 9.17) is 4.74 Å². The number of aryl methyl sites for hydroxylation is 3. The van der Waals surface area contributed by atoms with Gasteiger partial charge in [-0.2, -0.15) is 0 Å². The van der Waals surface area contributed by atoms with E-state index in [1.54, 1.807) is 18.2 Å². The molecule has 0 bridgehead atoms. The maximum absolute atomic E-state index is 12.8. The van der Waals surface area contributed by atoms with Crippen molar-refractivity contribution in [1.29, 1.82) is 0 Å². The highest BCUT2D eigenvalue weighted by atomic mass is 16.5. The second-order valence-corrected chi connectivity index (χ2v) is 7.55. The van der Waals surface area contributed by atoms with Crippen molar-refractivity contribution in [3.05, 3.63) is 88.5 Å². The molecule has 0 unspecified atom stereocenters. The van der Waals surface area contributed by atoms with Crippen molar-refractivity contribution in [3.63, 3.8) is 0 Å². The van der Waals surface area contributed by atoms with Gasteiger partial charge in [-0.25, -0.2) is 14.8 Å². The number of esters is 1. The van der Waals surface area contributed by atoms with Crippen LogP contribution in [0, 0.1) is 27.7 Å². The lowest BCUT2D eigenvalue weighted by molar-refractivity contribution is 0.0474. The van der Waals surface area contributed by atoms with Crippen LogP contribution in [0.15, 0.2) is 54.6 Å². The maximum atomic E-state index is 12.8. The molecule has 0 aliphatic rings. The fraction of sp³-hybridized carbons (Fsp3) is 0.200. The standard InChI is InChI=1S/C25H23N3O3/c1-15-12-21(18(4)28(15)20-8-6-5-7-9-20)24(29)14-31-25(30)19-10-11-22-23(13-19)27-17(3)16(2)26-22/h5-13H,14H2,1-4H3. The van der Waals surface area contributed by atoms with Crippen LogP contribution in [0.5, 0.6) is 0 Å². The molecule has 4 rings (SSSR count). The van der Waals surface area contributed by atoms with Gasteiger partial charge in [0, 0.05) is 22.6 Å². The molecule has 0 aliphatic carbocycles. The van der Waals surface area contributed by atoms with E-state index >= 15 is 0 Å². The largest absolute Gasteiger partial charge is 0.454 e. The second kappa shape index (κ2) is 8.14. The molecule has 0 fully saturated rings. The number of fused-ring (bicyclic) bond motifs is 1. The first kappa shape index (κ1) is 20.5. The van der Waals surface area contributed by atoms with Gasteiger partial charge in [-0.1, -0.05) is 18.2 Å². The highest BCUT2D eigenvalue weighted by Crippen LogP contribution is 2.21. The number of aromatic nitrogens is 3. The molecule has 31 heavy (non-hydrogen) atoms. The second-order valence-electron chi connectivity index (χ2n) is 7.55. The zero-order valence-electron chi connectivity index (χ0n) is 18.0. The zero-order valence-corrected chi connectivity index (χ0v) is 18.0. The molecule has 2 aromatic heterocycles. The summed E-state index contributed by atoms with van der Waals surface area (Å²) < 4.78 is 7.33. The molecule has 156 valence electrons. The molecule has 0 spiro atoms. The van der Waals surface area contributed by atoms with Crippen molar-refractivity contribution >= 4 is 22.8 Å². The third kappa shape index (κ3) is 3.97. The van der Waals surface area contributed by atoms with Gasteiger partial charge in [0.1, 0.15) is 0 Å². The molecule has 6 heteroatoms. The first-order valence-corrected chi connectivity index (χ1v) is 10.0. The fourth-order valence-corrected chi connectivity index (χ4v) is 3.67. The van der Waals surface area contributed by atoms with Gasteiger partial charge in [0.15, 0.2) is 6.61 Å². The van der Waals surface area contributed by atoms with Crippen LogP contribution in [0.1, 0.15) is 43.5 Å². The average molecular weight is 413 g/mol. The number of hydrogen-bond acceptors (Lipinski definition) is 5. The predicted molar refractivity (Wildman–Crippen MR) is 119 cm³/mol. The van der Waals surface area contributed by atoms with Crippen molar-refractivity contribution in [2.75, 3.05) is 6.61 Å². The Kier molecular flexibility index (Phi) is 5.38. The lowest BCUT2D eigenvalue weighted by Gasteiger charge is -2.10. The molecule has 4 aromatic rings. The van der Waals surface area contributed by atoms with Gasteiger partial charge < -0.3 is 9.30 Å². The van der Waals surface area contributed by atoms with E-state index in [-0.39, 0.29) is 12.4 Å². The molecule has 6 nitrogen and oxygen atoms in total. The Balaban J connectivity index is 1.51. The van der Waals surface area contributed by atoms with Gasteiger partial charge in [-0.15, -0.1) is 0 Å². The summed E-state index contributed by atoms with van der Waals surface area (Å²) >= 11 is 0. The molecular weight excluding hydrogens is 390 g/mol. The number of hydrogen-bond donors (Lipinski definition) is 0. The van der Waals surface area contributed by atoms with Crippen molar-refractivity contribution in [2.24, 2.45) is 0 Å². The summed E-state index contributed by atoms with van der Waals surface area (Å²) in [6.07, 6.45) is 0. The summed E-state index contributed by atoms with van der Waals surface area (Å²) in [6.45, 7) is 7.28. The van der Waals surface area contributed by atoms with Crippen molar-refractivity contribution in [1.82, 2.24) is 14.5 Å². The van der Waals surface area contributed by atoms with Crippen LogP contribution >= 0.6 is 0 Å². The van der Waals surface area contributed by atoms with Crippen molar-refractivity contribution in [2.45, 2.75) is 27.7 Å². The number of carbonyl (C=O) groups excluding carboxylic acids is 2. The molecular formula is C25H23N3O3. The Morgan fingerprint density at radius 1 is 0.871 bits per heavy atom. The van der Waals surface area contributed by atoms with Crippen LogP contribution in [0.3, 0.4) is 0 Å². The topological polar surface area (TPSA) is 74.1 Å². The zero-order chi connectivity index (χ0) is 22.1. The van der Waals surface area contributed by atoms with E-state index in [2.05, 4.69) is 9.97 Å². The quantitative estimate of drug-likeness (QED) is 0.350. The fourth-order valence-electron chi connectivity index (χ4n) is 3.67. The molecule has 0 saturated heterocycles. The van der Waals surface area contributed by atoms with E-state index in [1.807, 2.05) is 68.7 Å². The highest BCUT2D eigenvalue weighted by Gasteiger charge is 2.19. The van der Waals surface area contributed by atoms with Crippen molar-refractivity contribution in [3.8, 4) is 5.69 Å². The number of nitrogens with zero attached hydrogens (tertiary/aromatic N) is 3. The Labute approximate surface area is 180 Å². The summed E-state index contributed by atoms with van der Waals surface area (Å²) in [5, 5.41) is 0. The Hall–Kier alpha value is -3.80. The lowest BCUT2D eigenvalue weighted by Crippen LogP contribution is -2.15. The van der Waals surface area contributed by atoms with Crippen LogP contribution < -0.4 is 0 Å². The van der Waals surface area contributed by atoms with E-state index in [0.29, 0.717) is 22.2 Å². The SMILES string of the molecule is Cc1nc2ccc(C(=O)OCC(=O)c3cc(C)n(-c4ccccc4)c3C)cc2nc1C. The molecule has 0 N–H and O–H groups in total. The molecule has 0 saturated carbocycles. The van der Waals surface area contributed by atoms with Gasteiger partial charge in [0.25, 0.3) is 0 Å². The van der Waals surface area contributed by atoms with Crippen LogP contribution in [-0.4, -0.2) is 32.9 Å². The minimum absolute atomic E-state index is 0.240. The number of carbonyl (C=O) groups is 2. The molecule has 2 heterocycles. The van der Waals surface area contributed by atoms with Gasteiger partial charge in [-0.05, 0) is 64.1 Å². The number of ketones is 1. The van der Waals surface area contributed by atoms with Crippen LogP contribution in [0.25, 0.3) is 16.7 Å². The van der Waals surface area contributed by atoms with Gasteiger partial charge in [0.2, 0.25) is 5.78 Å². The number of Topliss-reactive ketones (excluding diaryl/α,β-unsaturated/α-hetero) is 1. The minimum atomic E-state index is -0.563. The monoisotopic (exact) mass is 413 g/mol. The average Bonchev–Trinajstić information content (AvgIpc) is 3.07. The smallest absolute Gasteiger partial charge is 0.338 e. The molecule has 0 atom stereocenters. The van der Waals surface area contributed by atoms with Crippen LogP contribution in [-0.2, 0) is 4.74 Å². The predicted octanol–water partition coefficient (Wildman–Crippen LogP) is 4.69. The molecule has 0 radical (unpaired) electrons. The Bertz CT molecular complexity index is 1310. The summed E-state index contributed by atoms with van der Waals surface area (Å²) in [7, 11) is 0. The molecule has 2 aromatic carbocycles. The minimum Gasteiger partial charge on any atom is -0.454 e. The summed E-state index contributed by atoms with van der Waals surface area (Å²) in [5.74, 6) is -0.803. The van der Waals surface area contributed by atoms with Gasteiger partial charge in [-0.3, -0.25) is 4.79 Å². The van der Waals surface area contributed by atoms with Gasteiger partial charge in [0.05, 0.1) is 28.0 Å². The van der Waals surface area contributed by atoms with Crippen LogP contribution in [0.4, 0.5) is 0 Å². The third-order valence-corrected chi connectivity index (χ3v) is 5.39. The first-order valence-electron chi connectivity index (χ1n) is 10.0. The van der Waals surface area contributed by atoms with E-state index < -0.39 is 5.97 Å². The third-order valence-electron chi connectivity index (χ3n) is 5.39. The van der Waals surface area contributed by atoms with E-state index in [9.17, 15) is 9.59 Å².